The van der Waals surface area contributed by atoms with Crippen LogP contribution in [0.3, 0.4) is 0 Å². The molecule has 17 heavy (non-hydrogen) atoms. The summed E-state index contributed by atoms with van der Waals surface area (Å²) in [4.78, 5) is 13.9. The van der Waals surface area contributed by atoms with Crippen LogP contribution in [0, 0.1) is 11.3 Å². The SMILES string of the molecule is CC1CCC(C=O)(CN2CCOCC2C)CC1. The number of morpholine rings is 1. The summed E-state index contributed by atoms with van der Waals surface area (Å²) >= 11 is 0. The average Bonchev–Trinajstić information content (AvgIpc) is 2.35. The molecule has 0 aromatic carbocycles. The fourth-order valence-electron chi connectivity index (χ4n) is 3.05. The minimum atomic E-state index is -0.0713. The maximum absolute atomic E-state index is 11.5. The van der Waals surface area contributed by atoms with Crippen molar-refractivity contribution in [2.75, 3.05) is 26.3 Å². The first-order chi connectivity index (χ1) is 8.15. The highest BCUT2D eigenvalue weighted by molar-refractivity contribution is 5.60. The Kier molecular flexibility index (Phi) is 4.21. The zero-order chi connectivity index (χ0) is 12.3. The predicted octanol–water partition coefficient (Wildman–Crippen LogP) is 2.10. The van der Waals surface area contributed by atoms with Gasteiger partial charge in [-0.15, -0.1) is 0 Å². The zero-order valence-corrected chi connectivity index (χ0v) is 11.2. The van der Waals surface area contributed by atoms with Crippen molar-refractivity contribution in [1.82, 2.24) is 4.90 Å². The van der Waals surface area contributed by atoms with Gasteiger partial charge in [0.05, 0.1) is 13.2 Å². The first-order valence-corrected chi connectivity index (χ1v) is 6.93. The van der Waals surface area contributed by atoms with Gasteiger partial charge < -0.3 is 9.53 Å². The van der Waals surface area contributed by atoms with Crippen molar-refractivity contribution in [2.24, 2.45) is 11.3 Å². The van der Waals surface area contributed by atoms with Crippen molar-refractivity contribution >= 4 is 6.29 Å². The molecule has 1 unspecified atom stereocenters. The van der Waals surface area contributed by atoms with Gasteiger partial charge in [0.25, 0.3) is 0 Å². The molecule has 0 radical (unpaired) electrons. The lowest BCUT2D eigenvalue weighted by Crippen LogP contribution is -2.50. The van der Waals surface area contributed by atoms with E-state index in [1.165, 1.54) is 19.1 Å². The normalized spacial score (nSPS) is 40.1. The average molecular weight is 239 g/mol. The molecule has 1 heterocycles. The fraction of sp³-hybridized carbons (Fsp3) is 0.929. The topological polar surface area (TPSA) is 29.5 Å². The highest BCUT2D eigenvalue weighted by Crippen LogP contribution is 2.38. The Balaban J connectivity index is 1.96. The van der Waals surface area contributed by atoms with Crippen molar-refractivity contribution in [3.63, 3.8) is 0 Å². The van der Waals surface area contributed by atoms with E-state index in [2.05, 4.69) is 18.7 Å². The molecule has 2 fully saturated rings. The lowest BCUT2D eigenvalue weighted by Gasteiger charge is -2.42. The van der Waals surface area contributed by atoms with Gasteiger partial charge in [-0.1, -0.05) is 6.92 Å². The maximum Gasteiger partial charge on any atom is 0.127 e. The Morgan fingerprint density at radius 3 is 2.65 bits per heavy atom. The second-order valence-electron chi connectivity index (χ2n) is 6.06. The van der Waals surface area contributed by atoms with E-state index < -0.39 is 0 Å². The van der Waals surface area contributed by atoms with E-state index in [0.717, 1.165) is 45.1 Å². The van der Waals surface area contributed by atoms with Crippen LogP contribution in [-0.4, -0.2) is 43.5 Å². The van der Waals surface area contributed by atoms with E-state index in [1.807, 2.05) is 0 Å². The summed E-state index contributed by atoms with van der Waals surface area (Å²) < 4.78 is 5.45. The molecule has 1 atom stereocenters. The van der Waals surface area contributed by atoms with Gasteiger partial charge in [0.1, 0.15) is 6.29 Å². The van der Waals surface area contributed by atoms with Gasteiger partial charge in [0.2, 0.25) is 0 Å². The molecule has 3 nitrogen and oxygen atoms in total. The number of nitrogens with zero attached hydrogens (tertiary/aromatic N) is 1. The standard InChI is InChI=1S/C14H25NO2/c1-12-3-5-14(11-16,6-4-12)10-15-7-8-17-9-13(15)2/h11-13H,3-10H2,1-2H3. The molecule has 1 aliphatic carbocycles. The molecule has 2 aliphatic rings. The molecule has 0 amide bonds. The quantitative estimate of drug-likeness (QED) is 0.706. The minimum absolute atomic E-state index is 0.0713. The molecule has 98 valence electrons. The Labute approximate surface area is 105 Å². The molecule has 1 aliphatic heterocycles. The molecule has 1 saturated heterocycles. The Hall–Kier alpha value is -0.410. The van der Waals surface area contributed by atoms with Crippen LogP contribution in [0.4, 0.5) is 0 Å². The Morgan fingerprint density at radius 2 is 2.06 bits per heavy atom. The van der Waals surface area contributed by atoms with Gasteiger partial charge in [0.15, 0.2) is 0 Å². The maximum atomic E-state index is 11.5. The van der Waals surface area contributed by atoms with Crippen LogP contribution in [0.2, 0.25) is 0 Å². The van der Waals surface area contributed by atoms with Crippen LogP contribution < -0.4 is 0 Å². The number of rotatable bonds is 3. The Bertz CT molecular complexity index is 259. The third kappa shape index (κ3) is 3.08. The van der Waals surface area contributed by atoms with Gasteiger partial charge in [-0.2, -0.15) is 0 Å². The number of hydrogen-bond acceptors (Lipinski definition) is 3. The highest BCUT2D eigenvalue weighted by Gasteiger charge is 2.37. The van der Waals surface area contributed by atoms with Crippen molar-refractivity contribution in [3.8, 4) is 0 Å². The first-order valence-electron chi connectivity index (χ1n) is 6.93. The fourth-order valence-corrected chi connectivity index (χ4v) is 3.05. The predicted molar refractivity (Wildman–Crippen MR) is 68.0 cm³/mol. The molecule has 1 saturated carbocycles. The third-order valence-electron chi connectivity index (χ3n) is 4.54. The van der Waals surface area contributed by atoms with E-state index in [-0.39, 0.29) is 5.41 Å². The highest BCUT2D eigenvalue weighted by atomic mass is 16.5. The second kappa shape index (κ2) is 5.49. The molecule has 0 bridgehead atoms. The van der Waals surface area contributed by atoms with Crippen LogP contribution >= 0.6 is 0 Å². The number of carbonyl (C=O) groups is 1. The van der Waals surface area contributed by atoms with Crippen LogP contribution in [0.5, 0.6) is 0 Å². The van der Waals surface area contributed by atoms with Gasteiger partial charge in [-0.25, -0.2) is 0 Å². The third-order valence-corrected chi connectivity index (χ3v) is 4.54. The zero-order valence-electron chi connectivity index (χ0n) is 11.2. The summed E-state index contributed by atoms with van der Waals surface area (Å²) in [6.07, 6.45) is 5.79. The molecule has 0 aromatic rings. The van der Waals surface area contributed by atoms with E-state index >= 15 is 0 Å². The van der Waals surface area contributed by atoms with E-state index in [9.17, 15) is 4.79 Å². The monoisotopic (exact) mass is 239 g/mol. The summed E-state index contributed by atoms with van der Waals surface area (Å²) in [7, 11) is 0. The second-order valence-corrected chi connectivity index (χ2v) is 6.06. The largest absolute Gasteiger partial charge is 0.379 e. The van der Waals surface area contributed by atoms with Crippen molar-refractivity contribution in [3.05, 3.63) is 0 Å². The van der Waals surface area contributed by atoms with Crippen LogP contribution in [0.1, 0.15) is 39.5 Å². The molecule has 2 rings (SSSR count). The van der Waals surface area contributed by atoms with Crippen LogP contribution in [0.25, 0.3) is 0 Å². The summed E-state index contributed by atoms with van der Waals surface area (Å²) in [6, 6.07) is 0.458. The lowest BCUT2D eigenvalue weighted by atomic mass is 9.71. The molecular formula is C14H25NO2. The molecule has 0 N–H and O–H groups in total. The summed E-state index contributed by atoms with van der Waals surface area (Å²) in [6.45, 7) is 8.04. The van der Waals surface area contributed by atoms with Gasteiger partial charge in [-0.3, -0.25) is 4.90 Å². The number of hydrogen-bond donors (Lipinski definition) is 0. The number of carbonyl (C=O) groups excluding carboxylic acids is 1. The lowest BCUT2D eigenvalue weighted by molar-refractivity contribution is -0.121. The summed E-state index contributed by atoms with van der Waals surface area (Å²) in [5, 5.41) is 0. The van der Waals surface area contributed by atoms with Crippen LogP contribution in [-0.2, 0) is 9.53 Å². The smallest absolute Gasteiger partial charge is 0.127 e. The van der Waals surface area contributed by atoms with E-state index in [1.54, 1.807) is 0 Å². The molecule has 0 spiro atoms. The molecule has 0 aromatic heterocycles. The molecule has 3 heteroatoms. The Morgan fingerprint density at radius 1 is 1.35 bits per heavy atom. The van der Waals surface area contributed by atoms with Crippen LogP contribution in [0.15, 0.2) is 0 Å². The summed E-state index contributed by atoms with van der Waals surface area (Å²) in [5.41, 5.74) is -0.0713. The first kappa shape index (κ1) is 13.0. The van der Waals surface area contributed by atoms with Crippen molar-refractivity contribution in [1.29, 1.82) is 0 Å². The molecular weight excluding hydrogens is 214 g/mol. The van der Waals surface area contributed by atoms with Crippen molar-refractivity contribution in [2.45, 2.75) is 45.6 Å². The van der Waals surface area contributed by atoms with Gasteiger partial charge in [0, 0.05) is 24.5 Å². The van der Waals surface area contributed by atoms with Gasteiger partial charge >= 0.3 is 0 Å². The number of ether oxygens (including phenoxy) is 1. The minimum Gasteiger partial charge on any atom is -0.379 e. The van der Waals surface area contributed by atoms with E-state index in [0.29, 0.717) is 6.04 Å². The summed E-state index contributed by atoms with van der Waals surface area (Å²) in [5.74, 6) is 0.796. The number of aldehydes is 1. The van der Waals surface area contributed by atoms with Crippen molar-refractivity contribution < 1.29 is 9.53 Å². The van der Waals surface area contributed by atoms with Gasteiger partial charge in [-0.05, 0) is 38.5 Å². The van der Waals surface area contributed by atoms with E-state index in [4.69, 9.17) is 4.74 Å².